The number of hydrogen-bond acceptors (Lipinski definition) is 6. The highest BCUT2D eigenvalue weighted by Crippen LogP contribution is 2.04. The first-order valence-electron chi connectivity index (χ1n) is 7.66. The maximum absolute atomic E-state index is 12.3. The molecule has 11 heteroatoms. The third kappa shape index (κ3) is 9.25. The molecule has 11 nitrogen and oxygen atoms in total. The molecule has 2 atom stereocenters. The second kappa shape index (κ2) is 11.0. The van der Waals surface area contributed by atoms with Crippen LogP contribution in [0.25, 0.3) is 0 Å². The Labute approximate surface area is 144 Å². The topological polar surface area (TPSA) is 194 Å². The number of nitrogens with one attached hydrogen (secondary N) is 3. The second-order valence-electron chi connectivity index (χ2n) is 5.67. The number of carbonyl (C=O) groups is 5. The van der Waals surface area contributed by atoms with E-state index in [9.17, 15) is 24.0 Å². The molecule has 0 fully saturated rings. The van der Waals surface area contributed by atoms with Crippen LogP contribution in [0.15, 0.2) is 0 Å². The molecule has 0 aliphatic carbocycles. The summed E-state index contributed by atoms with van der Waals surface area (Å²) in [5.41, 5.74) is 10.1. The molecular formula is C14H25N5O6. The highest BCUT2D eigenvalue weighted by Gasteiger charge is 2.28. The van der Waals surface area contributed by atoms with Gasteiger partial charge in [0.15, 0.2) is 0 Å². The second-order valence-corrected chi connectivity index (χ2v) is 5.67. The number of nitrogens with two attached hydrogens (primary N) is 2. The van der Waals surface area contributed by atoms with Crippen molar-refractivity contribution in [1.82, 2.24) is 16.0 Å². The molecule has 0 aliphatic rings. The number of carbonyl (C=O) groups excluding carboxylic acids is 4. The summed E-state index contributed by atoms with van der Waals surface area (Å²) < 4.78 is 0. The van der Waals surface area contributed by atoms with E-state index in [0.717, 1.165) is 0 Å². The van der Waals surface area contributed by atoms with Crippen molar-refractivity contribution in [2.75, 3.05) is 13.1 Å². The molecular weight excluding hydrogens is 334 g/mol. The Bertz CT molecular complexity index is 522. The van der Waals surface area contributed by atoms with Gasteiger partial charge in [-0.2, -0.15) is 0 Å². The Morgan fingerprint density at radius 1 is 1.04 bits per heavy atom. The van der Waals surface area contributed by atoms with Gasteiger partial charge >= 0.3 is 5.97 Å². The summed E-state index contributed by atoms with van der Waals surface area (Å²) in [6.45, 7) is 2.67. The molecule has 0 radical (unpaired) electrons. The fraction of sp³-hybridized carbons (Fsp3) is 0.643. The number of carboxylic acid groups (broad SMARTS) is 1. The van der Waals surface area contributed by atoms with Crippen LogP contribution in [0.4, 0.5) is 0 Å². The molecule has 0 spiro atoms. The summed E-state index contributed by atoms with van der Waals surface area (Å²) >= 11 is 0. The van der Waals surface area contributed by atoms with Crippen molar-refractivity contribution in [3.63, 3.8) is 0 Å². The van der Waals surface area contributed by atoms with Crippen LogP contribution in [0.3, 0.4) is 0 Å². The summed E-state index contributed by atoms with van der Waals surface area (Å²) in [5, 5.41) is 16.0. The van der Waals surface area contributed by atoms with E-state index in [1.807, 2.05) is 0 Å². The number of rotatable bonds is 11. The highest BCUT2D eigenvalue weighted by molar-refractivity contribution is 5.92. The van der Waals surface area contributed by atoms with E-state index in [-0.39, 0.29) is 31.8 Å². The number of amides is 4. The fourth-order valence-corrected chi connectivity index (χ4v) is 1.82. The lowest BCUT2D eigenvalue weighted by molar-refractivity contribution is -0.142. The van der Waals surface area contributed by atoms with Crippen LogP contribution in [0.5, 0.6) is 0 Å². The van der Waals surface area contributed by atoms with Crippen LogP contribution >= 0.6 is 0 Å². The van der Waals surface area contributed by atoms with Crippen molar-refractivity contribution in [1.29, 1.82) is 0 Å². The van der Waals surface area contributed by atoms with Gasteiger partial charge in [-0.05, 0) is 12.3 Å². The third-order valence-corrected chi connectivity index (χ3v) is 3.19. The Morgan fingerprint density at radius 3 is 2.08 bits per heavy atom. The average molecular weight is 359 g/mol. The van der Waals surface area contributed by atoms with Crippen LogP contribution in [-0.4, -0.2) is 59.9 Å². The number of hydrogen-bond donors (Lipinski definition) is 6. The molecule has 0 aliphatic heterocycles. The molecule has 0 heterocycles. The Kier molecular flexibility index (Phi) is 9.79. The Morgan fingerprint density at radius 2 is 1.64 bits per heavy atom. The lowest BCUT2D eigenvalue weighted by Crippen LogP contribution is -2.55. The van der Waals surface area contributed by atoms with Gasteiger partial charge in [-0.1, -0.05) is 13.8 Å². The van der Waals surface area contributed by atoms with Crippen molar-refractivity contribution < 1.29 is 29.1 Å². The Balaban J connectivity index is 4.80. The highest BCUT2D eigenvalue weighted by atomic mass is 16.4. The van der Waals surface area contributed by atoms with Crippen molar-refractivity contribution >= 4 is 29.6 Å². The van der Waals surface area contributed by atoms with Gasteiger partial charge in [-0.25, -0.2) is 4.79 Å². The predicted molar refractivity (Wildman–Crippen MR) is 86.8 cm³/mol. The van der Waals surface area contributed by atoms with Gasteiger partial charge in [0.2, 0.25) is 23.6 Å². The molecule has 0 saturated carbocycles. The summed E-state index contributed by atoms with van der Waals surface area (Å²) in [6.07, 6.45) is -0.372. The van der Waals surface area contributed by atoms with Gasteiger partial charge in [0, 0.05) is 6.42 Å². The monoisotopic (exact) mass is 359 g/mol. The lowest BCUT2D eigenvalue weighted by atomic mass is 10.0. The number of carboxylic acids is 1. The summed E-state index contributed by atoms with van der Waals surface area (Å²) in [5.74, 6) is -4.23. The molecule has 2 unspecified atom stereocenters. The summed E-state index contributed by atoms with van der Waals surface area (Å²) in [7, 11) is 0. The van der Waals surface area contributed by atoms with Crippen LogP contribution in [-0.2, 0) is 24.0 Å². The number of primary amides is 1. The standard InChI is InChI=1S/C14H25N5O6/c1-7(2)12(19-11(22)6-17-10(21)5-15)13(23)18-8(14(24)25)3-4-9(16)20/h7-8,12H,3-6,15H2,1-2H3,(H2,16,20)(H,17,21)(H,18,23)(H,19,22)(H,24,25). The minimum absolute atomic E-state index is 0.165. The minimum atomic E-state index is -1.32. The molecule has 8 N–H and O–H groups in total. The Hall–Kier alpha value is -2.69. The normalized spacial score (nSPS) is 12.8. The molecule has 0 bridgehead atoms. The molecule has 0 aromatic heterocycles. The van der Waals surface area contributed by atoms with Crippen LogP contribution in [0.1, 0.15) is 26.7 Å². The summed E-state index contributed by atoms with van der Waals surface area (Å²) in [4.78, 5) is 57.0. The van der Waals surface area contributed by atoms with E-state index in [1.165, 1.54) is 0 Å². The first-order valence-corrected chi connectivity index (χ1v) is 7.66. The summed E-state index contributed by atoms with van der Waals surface area (Å²) in [6, 6.07) is -2.33. The molecule has 4 amide bonds. The van der Waals surface area contributed by atoms with Gasteiger partial charge < -0.3 is 32.5 Å². The zero-order valence-electron chi connectivity index (χ0n) is 14.2. The zero-order chi connectivity index (χ0) is 19.6. The van der Waals surface area contributed by atoms with Gasteiger partial charge in [-0.3, -0.25) is 19.2 Å². The van der Waals surface area contributed by atoms with E-state index in [1.54, 1.807) is 13.8 Å². The zero-order valence-corrected chi connectivity index (χ0v) is 14.2. The van der Waals surface area contributed by atoms with E-state index in [0.29, 0.717) is 0 Å². The van der Waals surface area contributed by atoms with Gasteiger partial charge in [0.1, 0.15) is 12.1 Å². The van der Waals surface area contributed by atoms with Crippen LogP contribution in [0.2, 0.25) is 0 Å². The molecule has 0 saturated heterocycles. The van der Waals surface area contributed by atoms with Crippen molar-refractivity contribution in [2.24, 2.45) is 17.4 Å². The van der Waals surface area contributed by atoms with Gasteiger partial charge in [0.05, 0.1) is 13.1 Å². The lowest BCUT2D eigenvalue weighted by Gasteiger charge is -2.24. The van der Waals surface area contributed by atoms with Gasteiger partial charge in [-0.15, -0.1) is 0 Å². The van der Waals surface area contributed by atoms with Crippen molar-refractivity contribution in [2.45, 2.75) is 38.8 Å². The molecule has 0 rings (SSSR count). The van der Waals surface area contributed by atoms with Crippen LogP contribution < -0.4 is 27.4 Å². The maximum Gasteiger partial charge on any atom is 0.326 e. The van der Waals surface area contributed by atoms with E-state index < -0.39 is 41.7 Å². The smallest absolute Gasteiger partial charge is 0.326 e. The first kappa shape index (κ1) is 22.3. The largest absolute Gasteiger partial charge is 0.480 e. The third-order valence-electron chi connectivity index (χ3n) is 3.19. The molecule has 25 heavy (non-hydrogen) atoms. The first-order chi connectivity index (χ1) is 11.6. The van der Waals surface area contributed by atoms with E-state index in [4.69, 9.17) is 16.6 Å². The number of aliphatic carboxylic acids is 1. The van der Waals surface area contributed by atoms with Crippen molar-refractivity contribution in [3.8, 4) is 0 Å². The minimum Gasteiger partial charge on any atom is -0.480 e. The predicted octanol–water partition coefficient (Wildman–Crippen LogP) is -2.96. The van der Waals surface area contributed by atoms with E-state index in [2.05, 4.69) is 16.0 Å². The average Bonchev–Trinajstić information content (AvgIpc) is 2.52. The van der Waals surface area contributed by atoms with E-state index >= 15 is 0 Å². The molecule has 0 aromatic rings. The van der Waals surface area contributed by atoms with Crippen molar-refractivity contribution in [3.05, 3.63) is 0 Å². The fourth-order valence-electron chi connectivity index (χ4n) is 1.82. The SMILES string of the molecule is CC(C)C(NC(=O)CNC(=O)CN)C(=O)NC(CCC(N)=O)C(=O)O. The van der Waals surface area contributed by atoms with Crippen LogP contribution in [0, 0.1) is 5.92 Å². The van der Waals surface area contributed by atoms with Gasteiger partial charge in [0.25, 0.3) is 0 Å². The molecule has 0 aromatic carbocycles. The quantitative estimate of drug-likeness (QED) is 0.227. The molecule has 142 valence electrons. The maximum atomic E-state index is 12.3.